The van der Waals surface area contributed by atoms with Gasteiger partial charge >= 0.3 is 22.4 Å². The maximum Gasteiger partial charge on any atom is 0.418 e. The first-order valence-electron chi connectivity index (χ1n) is 11.8. The highest BCUT2D eigenvalue weighted by Crippen LogP contribution is 2.44. The van der Waals surface area contributed by atoms with Gasteiger partial charge in [0.05, 0.1) is 13.7 Å². The number of nitrogens with zero attached hydrogens (tertiary/aromatic N) is 5. The molecule has 4 rings (SSSR count). The topological polar surface area (TPSA) is 135 Å². The van der Waals surface area contributed by atoms with E-state index in [0.717, 1.165) is 10.5 Å². The van der Waals surface area contributed by atoms with Crippen molar-refractivity contribution in [3.8, 4) is 0 Å². The van der Waals surface area contributed by atoms with E-state index in [1.165, 1.54) is 26.7 Å². The van der Waals surface area contributed by atoms with Crippen molar-refractivity contribution in [2.75, 3.05) is 33.3 Å². The van der Waals surface area contributed by atoms with E-state index >= 15 is 0 Å². The van der Waals surface area contributed by atoms with Crippen LogP contribution < -0.4 is 0 Å². The van der Waals surface area contributed by atoms with E-state index in [9.17, 15) is 18.0 Å². The van der Waals surface area contributed by atoms with E-state index in [2.05, 4.69) is 35.1 Å². The summed E-state index contributed by atoms with van der Waals surface area (Å²) in [4.78, 5) is 28.4. The molecule has 2 atom stereocenters. The molecular formula is C23H33N5O7S. The summed E-state index contributed by atoms with van der Waals surface area (Å²) in [6.45, 7) is 10.6. The Bertz CT molecular complexity index is 1150. The minimum atomic E-state index is -4.93. The highest BCUT2D eigenvalue weighted by molar-refractivity contribution is 7.80. The van der Waals surface area contributed by atoms with Crippen LogP contribution in [0.1, 0.15) is 49.7 Å². The van der Waals surface area contributed by atoms with Crippen LogP contribution in [-0.4, -0.2) is 82.9 Å². The number of benzene rings is 1. The Morgan fingerprint density at radius 3 is 2.33 bits per heavy atom. The normalized spacial score (nSPS) is 18.7. The molecule has 1 N–H and O–H groups in total. The number of fused-ring (bicyclic) bond motifs is 4. The van der Waals surface area contributed by atoms with Crippen LogP contribution in [0.15, 0.2) is 36.5 Å². The zero-order valence-electron chi connectivity index (χ0n) is 20.9. The van der Waals surface area contributed by atoms with Crippen LogP contribution in [0.25, 0.3) is 0 Å². The molecule has 0 aliphatic carbocycles. The number of aromatic nitrogens is 2. The Kier molecular flexibility index (Phi) is 9.06. The molecule has 1 aromatic heterocycles. The maximum atomic E-state index is 12.6. The first-order valence-corrected chi connectivity index (χ1v) is 13.2. The molecule has 2 aliphatic rings. The van der Waals surface area contributed by atoms with Gasteiger partial charge in [0.1, 0.15) is 11.7 Å². The fourth-order valence-corrected chi connectivity index (χ4v) is 4.69. The summed E-state index contributed by atoms with van der Waals surface area (Å²) in [5.41, 5.74) is 1.84. The van der Waals surface area contributed by atoms with Gasteiger partial charge < -0.3 is 14.5 Å². The molecule has 2 bridgehead atoms. The Morgan fingerprint density at radius 1 is 1.17 bits per heavy atom. The van der Waals surface area contributed by atoms with Crippen molar-refractivity contribution >= 4 is 22.4 Å². The number of methoxy groups -OCH3 is 1. The van der Waals surface area contributed by atoms with Gasteiger partial charge in [-0.15, -0.1) is 4.28 Å². The Morgan fingerprint density at radius 2 is 1.81 bits per heavy atom. The number of amides is 2. The molecule has 1 saturated heterocycles. The lowest BCUT2D eigenvalue weighted by Gasteiger charge is -2.27. The lowest BCUT2D eigenvalue weighted by atomic mass is 9.98. The molecule has 0 spiro atoms. The highest BCUT2D eigenvalue weighted by atomic mass is 32.3. The molecule has 198 valence electrons. The van der Waals surface area contributed by atoms with Crippen LogP contribution in [0.2, 0.25) is 0 Å². The van der Waals surface area contributed by atoms with Gasteiger partial charge in [0.15, 0.2) is 6.04 Å². The van der Waals surface area contributed by atoms with E-state index in [0.29, 0.717) is 23.6 Å². The Labute approximate surface area is 211 Å². The van der Waals surface area contributed by atoms with Crippen LogP contribution >= 0.6 is 0 Å². The number of ether oxygens (including phenoxy) is 1. The summed E-state index contributed by atoms with van der Waals surface area (Å²) >= 11 is 0. The number of hydroxylamine groups is 2. The molecule has 2 amide bonds. The fourth-order valence-electron chi connectivity index (χ4n) is 4.32. The number of hydrogen-bond donors (Lipinski definition) is 1. The molecular weight excluding hydrogens is 490 g/mol. The van der Waals surface area contributed by atoms with Gasteiger partial charge in [0.25, 0.3) is 0 Å². The molecule has 0 saturated carbocycles. The zero-order valence-corrected chi connectivity index (χ0v) is 21.7. The predicted molar refractivity (Wildman–Crippen MR) is 130 cm³/mol. The van der Waals surface area contributed by atoms with Gasteiger partial charge in [0, 0.05) is 18.3 Å². The number of carbonyl (C=O) groups excluding carboxylic acids is 2. The van der Waals surface area contributed by atoms with Gasteiger partial charge in [-0.2, -0.15) is 18.6 Å². The molecule has 13 heteroatoms. The third-order valence-corrected chi connectivity index (χ3v) is 6.60. The SMILES string of the molecule is CCN(CC)CC.COC(=O)C1c2nn(CCc3ccccc3)cc2C2CN1C(=O)N2OS(=O)(=O)O. The lowest BCUT2D eigenvalue weighted by molar-refractivity contribution is -0.146. The Balaban J connectivity index is 0.000000454. The van der Waals surface area contributed by atoms with Crippen molar-refractivity contribution in [1.82, 2.24) is 24.6 Å². The average molecular weight is 524 g/mol. The largest absolute Gasteiger partial charge is 0.467 e. The van der Waals surface area contributed by atoms with Crippen LogP contribution in [0.4, 0.5) is 4.79 Å². The lowest BCUT2D eigenvalue weighted by Crippen LogP contribution is -2.39. The second kappa shape index (κ2) is 11.8. The summed E-state index contributed by atoms with van der Waals surface area (Å²) in [7, 11) is -3.74. The summed E-state index contributed by atoms with van der Waals surface area (Å²) in [6.07, 6.45) is 2.33. The number of carbonyl (C=O) groups is 2. The second-order valence-corrected chi connectivity index (χ2v) is 9.30. The van der Waals surface area contributed by atoms with Crippen LogP contribution in [0.5, 0.6) is 0 Å². The van der Waals surface area contributed by atoms with Crippen molar-refractivity contribution in [2.45, 2.75) is 45.8 Å². The summed E-state index contributed by atoms with van der Waals surface area (Å²) in [5, 5.41) is 4.99. The fraction of sp³-hybridized carbons (Fsp3) is 0.522. The van der Waals surface area contributed by atoms with Crippen LogP contribution in [-0.2, 0) is 37.2 Å². The van der Waals surface area contributed by atoms with Gasteiger partial charge in [0.2, 0.25) is 0 Å². The van der Waals surface area contributed by atoms with Gasteiger partial charge in [-0.1, -0.05) is 51.1 Å². The van der Waals surface area contributed by atoms with Crippen molar-refractivity contribution in [3.63, 3.8) is 0 Å². The van der Waals surface area contributed by atoms with Crippen LogP contribution in [0, 0.1) is 0 Å². The first kappa shape index (κ1) is 27.6. The molecule has 3 heterocycles. The van der Waals surface area contributed by atoms with Crippen molar-refractivity contribution < 1.29 is 31.6 Å². The number of aryl methyl sites for hydroxylation is 2. The van der Waals surface area contributed by atoms with Gasteiger partial charge in [-0.05, 0) is 31.6 Å². The number of rotatable bonds is 9. The van der Waals surface area contributed by atoms with Crippen molar-refractivity contribution in [1.29, 1.82) is 0 Å². The number of urea groups is 1. The Hall–Kier alpha value is -3.00. The highest BCUT2D eigenvalue weighted by Gasteiger charge is 2.54. The molecule has 36 heavy (non-hydrogen) atoms. The minimum absolute atomic E-state index is 0.00843. The molecule has 2 unspecified atom stereocenters. The molecule has 1 aromatic carbocycles. The summed E-state index contributed by atoms with van der Waals surface area (Å²) in [6, 6.07) is 6.89. The zero-order chi connectivity index (χ0) is 26.5. The van der Waals surface area contributed by atoms with E-state index in [1.807, 2.05) is 30.3 Å². The van der Waals surface area contributed by atoms with Crippen LogP contribution in [0.3, 0.4) is 0 Å². The standard InChI is InChI=1S/C17H18N4O7S.C6H15N/c1-27-16(22)15-14-12(9-19(18-14)8-7-11-5-3-2-4-6-11)13-10-20(15)17(23)21(13)28-29(24,25)26;1-4-7(5-2)6-3/h2-6,9,13,15H,7-8,10H2,1H3,(H,24,25,26);4-6H2,1-3H3. The second-order valence-electron chi connectivity index (χ2n) is 8.29. The molecule has 12 nitrogen and oxygen atoms in total. The smallest absolute Gasteiger partial charge is 0.418 e. The molecule has 2 aliphatic heterocycles. The number of hydrogen-bond acceptors (Lipinski definition) is 8. The van der Waals surface area contributed by atoms with E-state index in [-0.39, 0.29) is 12.2 Å². The molecule has 2 aromatic rings. The third kappa shape index (κ3) is 6.22. The third-order valence-electron chi connectivity index (χ3n) is 6.25. The van der Waals surface area contributed by atoms with E-state index in [1.54, 1.807) is 10.9 Å². The average Bonchev–Trinajstić information content (AvgIpc) is 3.40. The summed E-state index contributed by atoms with van der Waals surface area (Å²) in [5.74, 6) is -0.708. The van der Waals surface area contributed by atoms with Gasteiger partial charge in [-0.3, -0.25) is 9.23 Å². The van der Waals surface area contributed by atoms with Crippen molar-refractivity contribution in [2.24, 2.45) is 0 Å². The minimum Gasteiger partial charge on any atom is -0.467 e. The molecule has 1 fully saturated rings. The maximum absolute atomic E-state index is 12.6. The van der Waals surface area contributed by atoms with E-state index < -0.39 is 34.5 Å². The van der Waals surface area contributed by atoms with E-state index in [4.69, 9.17) is 9.29 Å². The number of esters is 1. The predicted octanol–water partition coefficient (Wildman–Crippen LogP) is 2.21. The van der Waals surface area contributed by atoms with Crippen molar-refractivity contribution in [3.05, 3.63) is 53.3 Å². The molecule has 0 radical (unpaired) electrons. The summed E-state index contributed by atoms with van der Waals surface area (Å²) < 4.78 is 42.3. The quantitative estimate of drug-likeness (QED) is 0.388. The first-order chi connectivity index (χ1) is 17.1. The monoisotopic (exact) mass is 523 g/mol. The van der Waals surface area contributed by atoms with Gasteiger partial charge in [-0.25, -0.2) is 9.59 Å².